The molecule has 20 heavy (non-hydrogen) atoms. The highest BCUT2D eigenvalue weighted by Crippen LogP contribution is 2.12. The molecule has 1 rings (SSSR count). The van der Waals surface area contributed by atoms with Crippen LogP contribution in [0.4, 0.5) is 0 Å². The first-order valence-corrected chi connectivity index (χ1v) is 7.79. The van der Waals surface area contributed by atoms with Crippen molar-refractivity contribution in [2.75, 3.05) is 26.2 Å². The molecule has 112 valence electrons. The molecule has 0 saturated carbocycles. The number of thiocarbonyl (C=S) groups is 1. The van der Waals surface area contributed by atoms with E-state index in [4.69, 9.17) is 22.7 Å². The molecule has 0 amide bonds. The summed E-state index contributed by atoms with van der Waals surface area (Å²) in [5.74, 6) is 0.907. The van der Waals surface area contributed by atoms with Crippen LogP contribution in [0.5, 0.6) is 5.75 Å². The molecule has 2 N–H and O–H groups in total. The molecule has 0 unspecified atom stereocenters. The number of rotatable bonds is 10. The lowest BCUT2D eigenvalue weighted by Gasteiger charge is -2.20. The molecule has 1 aromatic rings. The van der Waals surface area contributed by atoms with E-state index in [1.807, 2.05) is 24.3 Å². The number of nitrogens with two attached hydrogens (primary N) is 1. The lowest BCUT2D eigenvalue weighted by molar-refractivity contribution is 0.209. The molecule has 0 saturated heterocycles. The SMILES string of the molecule is CCCN(CCC)CCOc1ccc(CC(N)=S)cc1. The Kier molecular flexibility index (Phi) is 8.23. The molecule has 0 bridgehead atoms. The van der Waals surface area contributed by atoms with Crippen LogP contribution in [0.3, 0.4) is 0 Å². The molecule has 0 spiro atoms. The Labute approximate surface area is 128 Å². The highest BCUT2D eigenvalue weighted by molar-refractivity contribution is 7.80. The third-order valence-corrected chi connectivity index (χ3v) is 3.20. The average Bonchev–Trinajstić information content (AvgIpc) is 2.40. The van der Waals surface area contributed by atoms with Crippen molar-refractivity contribution in [3.8, 4) is 5.75 Å². The molecular formula is C16H26N2OS. The Morgan fingerprint density at radius 3 is 2.20 bits per heavy atom. The third kappa shape index (κ3) is 6.87. The van der Waals surface area contributed by atoms with Gasteiger partial charge < -0.3 is 10.5 Å². The molecular weight excluding hydrogens is 268 g/mol. The van der Waals surface area contributed by atoms with E-state index >= 15 is 0 Å². The summed E-state index contributed by atoms with van der Waals surface area (Å²) in [7, 11) is 0. The van der Waals surface area contributed by atoms with Gasteiger partial charge in [0, 0.05) is 13.0 Å². The van der Waals surface area contributed by atoms with Gasteiger partial charge in [-0.2, -0.15) is 0 Å². The van der Waals surface area contributed by atoms with E-state index in [9.17, 15) is 0 Å². The van der Waals surface area contributed by atoms with Crippen LogP contribution < -0.4 is 10.5 Å². The molecule has 1 aromatic carbocycles. The average molecular weight is 294 g/mol. The summed E-state index contributed by atoms with van der Waals surface area (Å²) in [4.78, 5) is 2.97. The molecule has 0 aromatic heterocycles. The first kappa shape index (κ1) is 16.9. The Bertz CT molecular complexity index is 386. The lowest BCUT2D eigenvalue weighted by Crippen LogP contribution is -2.30. The molecule has 4 heteroatoms. The minimum absolute atomic E-state index is 0.522. The van der Waals surface area contributed by atoms with Crippen LogP contribution >= 0.6 is 12.2 Å². The van der Waals surface area contributed by atoms with Crippen molar-refractivity contribution in [3.63, 3.8) is 0 Å². The lowest BCUT2D eigenvalue weighted by atomic mass is 10.1. The summed E-state index contributed by atoms with van der Waals surface area (Å²) in [6.45, 7) is 8.42. The normalized spacial score (nSPS) is 10.8. The quantitative estimate of drug-likeness (QED) is 0.673. The van der Waals surface area contributed by atoms with Crippen LogP contribution in [0, 0.1) is 0 Å². The highest BCUT2D eigenvalue weighted by Gasteiger charge is 2.03. The van der Waals surface area contributed by atoms with E-state index in [0.29, 0.717) is 11.4 Å². The zero-order valence-corrected chi connectivity index (χ0v) is 13.4. The monoisotopic (exact) mass is 294 g/mol. The van der Waals surface area contributed by atoms with Crippen molar-refractivity contribution in [3.05, 3.63) is 29.8 Å². The summed E-state index contributed by atoms with van der Waals surface area (Å²) in [5, 5.41) is 0. The van der Waals surface area contributed by atoms with Gasteiger partial charge in [-0.3, -0.25) is 4.90 Å². The molecule has 0 radical (unpaired) electrons. The number of hydrogen-bond acceptors (Lipinski definition) is 3. The maximum Gasteiger partial charge on any atom is 0.119 e. The molecule has 0 aliphatic heterocycles. The van der Waals surface area contributed by atoms with E-state index in [0.717, 1.165) is 37.6 Å². The number of hydrogen-bond donors (Lipinski definition) is 1. The second-order valence-corrected chi connectivity index (χ2v) is 5.50. The fraction of sp³-hybridized carbons (Fsp3) is 0.562. The van der Waals surface area contributed by atoms with Gasteiger partial charge in [0.15, 0.2) is 0 Å². The van der Waals surface area contributed by atoms with E-state index in [1.54, 1.807) is 0 Å². The first-order chi connectivity index (χ1) is 9.65. The van der Waals surface area contributed by atoms with E-state index < -0.39 is 0 Å². The standard InChI is InChI=1S/C16H26N2OS/c1-3-9-18(10-4-2)11-12-19-15-7-5-14(6-8-15)13-16(17)20/h5-8H,3-4,9-13H2,1-2H3,(H2,17,20). The zero-order valence-electron chi connectivity index (χ0n) is 12.6. The van der Waals surface area contributed by atoms with E-state index in [-0.39, 0.29) is 0 Å². The number of nitrogens with zero attached hydrogens (tertiary/aromatic N) is 1. The second kappa shape index (κ2) is 9.72. The summed E-state index contributed by atoms with van der Waals surface area (Å²) in [6.07, 6.45) is 3.03. The smallest absolute Gasteiger partial charge is 0.119 e. The predicted molar refractivity (Wildman–Crippen MR) is 89.4 cm³/mol. The van der Waals surface area contributed by atoms with Gasteiger partial charge in [0.1, 0.15) is 12.4 Å². The Morgan fingerprint density at radius 1 is 1.10 bits per heavy atom. The van der Waals surface area contributed by atoms with E-state index in [2.05, 4.69) is 18.7 Å². The molecule has 0 aliphatic carbocycles. The summed E-state index contributed by atoms with van der Waals surface area (Å²) in [5.41, 5.74) is 6.66. The first-order valence-electron chi connectivity index (χ1n) is 7.38. The van der Waals surface area contributed by atoms with Gasteiger partial charge in [-0.1, -0.05) is 38.2 Å². The van der Waals surface area contributed by atoms with Crippen molar-refractivity contribution in [1.82, 2.24) is 4.90 Å². The molecule has 3 nitrogen and oxygen atoms in total. The van der Waals surface area contributed by atoms with Crippen molar-refractivity contribution < 1.29 is 4.74 Å². The van der Waals surface area contributed by atoms with Crippen molar-refractivity contribution in [2.24, 2.45) is 5.73 Å². The third-order valence-electron chi connectivity index (χ3n) is 3.06. The van der Waals surface area contributed by atoms with Crippen molar-refractivity contribution >= 4 is 17.2 Å². The predicted octanol–water partition coefficient (Wildman–Crippen LogP) is 3.02. The Morgan fingerprint density at radius 2 is 1.70 bits per heavy atom. The fourth-order valence-corrected chi connectivity index (χ4v) is 2.33. The fourth-order valence-electron chi connectivity index (χ4n) is 2.17. The van der Waals surface area contributed by atoms with Crippen LogP contribution in [0.2, 0.25) is 0 Å². The maximum atomic E-state index is 5.78. The molecule has 0 aliphatic rings. The maximum absolute atomic E-state index is 5.78. The molecule has 0 heterocycles. The van der Waals surface area contributed by atoms with E-state index in [1.165, 1.54) is 12.8 Å². The van der Waals surface area contributed by atoms with Gasteiger partial charge in [-0.05, 0) is 43.6 Å². The van der Waals surface area contributed by atoms with Gasteiger partial charge in [0.2, 0.25) is 0 Å². The van der Waals surface area contributed by atoms with Crippen molar-refractivity contribution in [2.45, 2.75) is 33.1 Å². The van der Waals surface area contributed by atoms with Gasteiger partial charge in [-0.15, -0.1) is 0 Å². The topological polar surface area (TPSA) is 38.5 Å². The van der Waals surface area contributed by atoms with Crippen LogP contribution in [0.1, 0.15) is 32.3 Å². The van der Waals surface area contributed by atoms with Gasteiger partial charge in [0.25, 0.3) is 0 Å². The summed E-state index contributed by atoms with van der Waals surface area (Å²) in [6, 6.07) is 8.00. The van der Waals surface area contributed by atoms with Gasteiger partial charge in [-0.25, -0.2) is 0 Å². The zero-order chi connectivity index (χ0) is 14.8. The van der Waals surface area contributed by atoms with Crippen LogP contribution in [-0.4, -0.2) is 36.1 Å². The molecule has 0 atom stereocenters. The number of ether oxygens (including phenoxy) is 1. The van der Waals surface area contributed by atoms with Gasteiger partial charge in [0.05, 0.1) is 4.99 Å². The van der Waals surface area contributed by atoms with Crippen molar-refractivity contribution in [1.29, 1.82) is 0 Å². The largest absolute Gasteiger partial charge is 0.492 e. The minimum atomic E-state index is 0.522. The highest BCUT2D eigenvalue weighted by atomic mass is 32.1. The second-order valence-electron chi connectivity index (χ2n) is 4.98. The summed E-state index contributed by atoms with van der Waals surface area (Å²) >= 11 is 4.90. The Balaban J connectivity index is 2.35. The van der Waals surface area contributed by atoms with Crippen LogP contribution in [0.15, 0.2) is 24.3 Å². The van der Waals surface area contributed by atoms with Gasteiger partial charge >= 0.3 is 0 Å². The Hall–Kier alpha value is -1.13. The van der Waals surface area contributed by atoms with Crippen LogP contribution in [0.25, 0.3) is 0 Å². The molecule has 0 fully saturated rings. The summed E-state index contributed by atoms with van der Waals surface area (Å²) < 4.78 is 5.78. The minimum Gasteiger partial charge on any atom is -0.492 e. The number of benzene rings is 1. The van der Waals surface area contributed by atoms with Crippen LogP contribution in [-0.2, 0) is 6.42 Å².